The number of alkyl halides is 3. The molecule has 1 unspecified atom stereocenters. The third kappa shape index (κ3) is 4.72. The molecule has 2 aromatic carbocycles. The first-order chi connectivity index (χ1) is 16.4. The van der Waals surface area contributed by atoms with Crippen molar-refractivity contribution in [2.45, 2.75) is 32.5 Å². The quantitative estimate of drug-likeness (QED) is 0.311. The van der Waals surface area contributed by atoms with Crippen LogP contribution in [0.2, 0.25) is 0 Å². The summed E-state index contributed by atoms with van der Waals surface area (Å²) < 4.78 is 46.3. The van der Waals surface area contributed by atoms with E-state index in [1.807, 2.05) is 0 Å². The molecule has 12 heteroatoms. The van der Waals surface area contributed by atoms with Gasteiger partial charge in [0.1, 0.15) is 5.92 Å². The Bertz CT molecular complexity index is 1270. The van der Waals surface area contributed by atoms with Crippen LogP contribution >= 0.6 is 0 Å². The van der Waals surface area contributed by atoms with Gasteiger partial charge in [0.25, 0.3) is 11.4 Å². The SMILES string of the molecule is COC(=O)C1=C(C)N(Cc2ccccc2[N+](=O)[O-])C(C)=C([N+](=O)[O-])C1c1ccccc1C(F)(F)F. The van der Waals surface area contributed by atoms with Gasteiger partial charge in [-0.05, 0) is 25.5 Å². The summed E-state index contributed by atoms with van der Waals surface area (Å²) in [6.45, 7) is 2.50. The van der Waals surface area contributed by atoms with Crippen molar-refractivity contribution in [2.24, 2.45) is 0 Å². The number of esters is 1. The molecule has 184 valence electrons. The zero-order valence-electron chi connectivity index (χ0n) is 18.8. The number of hydrogen-bond donors (Lipinski definition) is 0. The number of methoxy groups -OCH3 is 1. The van der Waals surface area contributed by atoms with Gasteiger partial charge in [-0.2, -0.15) is 13.2 Å². The topological polar surface area (TPSA) is 116 Å². The molecule has 0 amide bonds. The number of nitrogens with zero attached hydrogens (tertiary/aromatic N) is 3. The van der Waals surface area contributed by atoms with Gasteiger partial charge in [0, 0.05) is 17.3 Å². The van der Waals surface area contributed by atoms with Crippen LogP contribution in [0.3, 0.4) is 0 Å². The number of carbonyl (C=O) groups is 1. The molecule has 0 bridgehead atoms. The van der Waals surface area contributed by atoms with Crippen LogP contribution in [0.5, 0.6) is 0 Å². The summed E-state index contributed by atoms with van der Waals surface area (Å²) >= 11 is 0. The maximum Gasteiger partial charge on any atom is 0.416 e. The van der Waals surface area contributed by atoms with Gasteiger partial charge in [-0.3, -0.25) is 20.2 Å². The van der Waals surface area contributed by atoms with Gasteiger partial charge >= 0.3 is 12.1 Å². The largest absolute Gasteiger partial charge is 0.466 e. The molecule has 0 radical (unpaired) electrons. The highest BCUT2D eigenvalue weighted by Crippen LogP contribution is 2.46. The number of ether oxygens (including phenoxy) is 1. The molecule has 1 aliphatic rings. The van der Waals surface area contributed by atoms with Crippen molar-refractivity contribution in [1.82, 2.24) is 4.90 Å². The maximum absolute atomic E-state index is 13.8. The van der Waals surface area contributed by atoms with Gasteiger partial charge in [-0.1, -0.05) is 36.4 Å². The second kappa shape index (κ2) is 9.57. The summed E-state index contributed by atoms with van der Waals surface area (Å²) in [5.74, 6) is -2.74. The zero-order chi connectivity index (χ0) is 26.1. The van der Waals surface area contributed by atoms with E-state index in [9.17, 15) is 38.2 Å². The van der Waals surface area contributed by atoms with Crippen LogP contribution in [-0.4, -0.2) is 27.8 Å². The zero-order valence-corrected chi connectivity index (χ0v) is 18.8. The van der Waals surface area contributed by atoms with Crippen molar-refractivity contribution in [1.29, 1.82) is 0 Å². The van der Waals surface area contributed by atoms with Gasteiger partial charge in [-0.25, -0.2) is 4.79 Å². The van der Waals surface area contributed by atoms with E-state index in [0.29, 0.717) is 0 Å². The fourth-order valence-corrected chi connectivity index (χ4v) is 4.24. The smallest absolute Gasteiger partial charge is 0.416 e. The van der Waals surface area contributed by atoms with Crippen LogP contribution < -0.4 is 0 Å². The van der Waals surface area contributed by atoms with E-state index >= 15 is 0 Å². The molecule has 0 saturated heterocycles. The molecule has 0 aromatic heterocycles. The van der Waals surface area contributed by atoms with Gasteiger partial charge < -0.3 is 9.64 Å². The van der Waals surface area contributed by atoms with Gasteiger partial charge in [-0.15, -0.1) is 0 Å². The van der Waals surface area contributed by atoms with Crippen LogP contribution in [0.1, 0.15) is 36.5 Å². The van der Waals surface area contributed by atoms with Crippen LogP contribution in [0.25, 0.3) is 0 Å². The Balaban J connectivity index is 2.31. The van der Waals surface area contributed by atoms with Crippen LogP contribution in [-0.2, 0) is 22.3 Å². The highest BCUT2D eigenvalue weighted by Gasteiger charge is 2.47. The van der Waals surface area contributed by atoms with Gasteiger partial charge in [0.2, 0.25) is 0 Å². The fraction of sp³-hybridized carbons (Fsp3) is 0.261. The molecule has 2 aromatic rings. The number of halogens is 3. The first-order valence-corrected chi connectivity index (χ1v) is 10.2. The minimum atomic E-state index is -4.84. The third-order valence-electron chi connectivity index (χ3n) is 5.83. The molecule has 1 atom stereocenters. The minimum Gasteiger partial charge on any atom is -0.466 e. The lowest BCUT2D eigenvalue weighted by atomic mass is 9.81. The summed E-state index contributed by atoms with van der Waals surface area (Å²) in [5.41, 5.74) is -2.65. The monoisotopic (exact) mass is 491 g/mol. The summed E-state index contributed by atoms with van der Waals surface area (Å²) in [6.07, 6.45) is -4.84. The summed E-state index contributed by atoms with van der Waals surface area (Å²) in [4.78, 5) is 36.3. The fourth-order valence-electron chi connectivity index (χ4n) is 4.24. The maximum atomic E-state index is 13.8. The Hall–Kier alpha value is -4.22. The highest BCUT2D eigenvalue weighted by molar-refractivity contribution is 5.92. The molecule has 1 aliphatic heterocycles. The number of para-hydroxylation sites is 1. The van der Waals surface area contributed by atoms with Crippen molar-refractivity contribution < 1.29 is 32.5 Å². The Morgan fingerprint density at radius 2 is 1.60 bits per heavy atom. The lowest BCUT2D eigenvalue weighted by Gasteiger charge is -2.35. The van der Waals surface area contributed by atoms with Crippen LogP contribution in [0.4, 0.5) is 18.9 Å². The van der Waals surface area contributed by atoms with E-state index in [1.54, 1.807) is 6.07 Å². The summed E-state index contributed by atoms with van der Waals surface area (Å²) in [6, 6.07) is 10.0. The summed E-state index contributed by atoms with van der Waals surface area (Å²) in [7, 11) is 1.01. The van der Waals surface area contributed by atoms with Crippen molar-refractivity contribution in [3.05, 3.63) is 108 Å². The Morgan fingerprint density at radius 1 is 1.00 bits per heavy atom. The normalized spacial score (nSPS) is 16.4. The highest BCUT2D eigenvalue weighted by atomic mass is 19.4. The molecule has 35 heavy (non-hydrogen) atoms. The van der Waals surface area contributed by atoms with E-state index in [4.69, 9.17) is 4.74 Å². The molecule has 0 N–H and O–H groups in total. The number of carbonyl (C=O) groups excluding carboxylic acids is 1. The minimum absolute atomic E-state index is 0.0553. The number of rotatable bonds is 6. The van der Waals surface area contributed by atoms with Crippen molar-refractivity contribution in [2.75, 3.05) is 7.11 Å². The predicted molar refractivity (Wildman–Crippen MR) is 117 cm³/mol. The number of nitro benzene ring substituents is 1. The second-order valence-electron chi connectivity index (χ2n) is 7.71. The molecule has 9 nitrogen and oxygen atoms in total. The standard InChI is InChI=1S/C23H20F3N3O6/c1-13-19(22(30)35-3)20(16-9-5-6-10-17(16)23(24,25)26)21(29(33)34)14(2)27(13)12-15-8-4-7-11-18(15)28(31)32/h4-11,20H,12H2,1-3H3. The second-order valence-corrected chi connectivity index (χ2v) is 7.71. The van der Waals surface area contributed by atoms with E-state index in [-0.39, 0.29) is 34.8 Å². The lowest BCUT2D eigenvalue weighted by Crippen LogP contribution is -2.35. The summed E-state index contributed by atoms with van der Waals surface area (Å²) in [5, 5.41) is 23.7. The molecular weight excluding hydrogens is 471 g/mol. The van der Waals surface area contributed by atoms with E-state index in [1.165, 1.54) is 43.0 Å². The van der Waals surface area contributed by atoms with Crippen LogP contribution in [0, 0.1) is 20.2 Å². The molecular formula is C23H20F3N3O6. The van der Waals surface area contributed by atoms with Crippen molar-refractivity contribution in [3.63, 3.8) is 0 Å². The van der Waals surface area contributed by atoms with E-state index < -0.39 is 44.7 Å². The van der Waals surface area contributed by atoms with Gasteiger partial charge in [0.15, 0.2) is 0 Å². The predicted octanol–water partition coefficient (Wildman–Crippen LogP) is 5.17. The average molecular weight is 491 g/mol. The van der Waals surface area contributed by atoms with E-state index in [0.717, 1.165) is 25.3 Å². The third-order valence-corrected chi connectivity index (χ3v) is 5.83. The molecule has 0 fully saturated rings. The molecule has 0 saturated carbocycles. The van der Waals surface area contributed by atoms with Gasteiger partial charge in [0.05, 0.1) is 40.3 Å². The Labute approximate surface area is 197 Å². The van der Waals surface area contributed by atoms with Crippen LogP contribution in [0.15, 0.2) is 71.2 Å². The van der Waals surface area contributed by atoms with E-state index in [2.05, 4.69) is 0 Å². The molecule has 1 heterocycles. The molecule has 0 aliphatic carbocycles. The first-order valence-electron chi connectivity index (χ1n) is 10.2. The molecule has 3 rings (SSSR count). The number of benzene rings is 2. The number of nitro groups is 2. The molecule has 0 spiro atoms. The average Bonchev–Trinajstić information content (AvgIpc) is 2.80. The number of hydrogen-bond acceptors (Lipinski definition) is 7. The van der Waals surface area contributed by atoms with Crippen molar-refractivity contribution in [3.8, 4) is 0 Å². The Kier molecular flexibility index (Phi) is 6.94. The number of allylic oxidation sites excluding steroid dienone is 3. The Morgan fingerprint density at radius 3 is 2.17 bits per heavy atom. The van der Waals surface area contributed by atoms with Crippen molar-refractivity contribution >= 4 is 11.7 Å². The lowest BCUT2D eigenvalue weighted by molar-refractivity contribution is -0.432. The first kappa shape index (κ1) is 25.4.